The van der Waals surface area contributed by atoms with Gasteiger partial charge in [-0.15, -0.1) is 0 Å². The number of hydrogen-bond acceptors (Lipinski definition) is 5. The first-order chi connectivity index (χ1) is 9.89. The maximum Gasteiger partial charge on any atom is 0.153 e. The van der Waals surface area contributed by atoms with Gasteiger partial charge in [-0.25, -0.2) is 12.9 Å². The Balaban J connectivity index is 2.14. The highest BCUT2D eigenvalue weighted by Gasteiger charge is 2.26. The van der Waals surface area contributed by atoms with E-state index in [0.29, 0.717) is 18.1 Å². The lowest BCUT2D eigenvalue weighted by atomic mass is 10.1. The molecule has 3 heterocycles. The monoisotopic (exact) mass is 328 g/mol. The summed E-state index contributed by atoms with van der Waals surface area (Å²) in [5, 5.41) is 4.91. The van der Waals surface area contributed by atoms with E-state index in [1.165, 1.54) is 0 Å². The molecule has 114 valence electrons. The van der Waals surface area contributed by atoms with Crippen LogP contribution in [-0.2, 0) is 9.84 Å². The second-order valence-electron chi connectivity index (χ2n) is 5.33. The molecule has 21 heavy (non-hydrogen) atoms. The predicted molar refractivity (Wildman–Crippen MR) is 83.7 cm³/mol. The van der Waals surface area contributed by atoms with Crippen molar-refractivity contribution in [2.45, 2.75) is 13.0 Å². The van der Waals surface area contributed by atoms with Gasteiger partial charge < -0.3 is 10.6 Å². The molecule has 0 amide bonds. The number of pyridine rings is 1. The molecule has 0 bridgehead atoms. The van der Waals surface area contributed by atoms with Crippen LogP contribution in [0.25, 0.3) is 5.52 Å². The number of halogens is 1. The maximum absolute atomic E-state index is 11.6. The molecule has 2 aromatic heterocycles. The molecule has 1 atom stereocenters. The minimum atomic E-state index is -2.93. The molecule has 1 aliphatic heterocycles. The van der Waals surface area contributed by atoms with Crippen LogP contribution in [0, 0.1) is 0 Å². The van der Waals surface area contributed by atoms with Gasteiger partial charge in [-0.1, -0.05) is 11.6 Å². The molecule has 1 saturated heterocycles. The predicted octanol–water partition coefficient (Wildman–Crippen LogP) is 1.24. The van der Waals surface area contributed by atoms with Crippen molar-refractivity contribution in [1.29, 1.82) is 0 Å². The van der Waals surface area contributed by atoms with Gasteiger partial charge >= 0.3 is 0 Å². The van der Waals surface area contributed by atoms with Gasteiger partial charge in [0.25, 0.3) is 0 Å². The summed E-state index contributed by atoms with van der Waals surface area (Å²) in [6, 6.07) is 3.46. The summed E-state index contributed by atoms with van der Waals surface area (Å²) in [5.41, 5.74) is 7.73. The lowest BCUT2D eigenvalue weighted by Gasteiger charge is -2.31. The van der Waals surface area contributed by atoms with Crippen LogP contribution in [0.2, 0.25) is 5.02 Å². The Morgan fingerprint density at radius 3 is 2.67 bits per heavy atom. The highest BCUT2D eigenvalue weighted by atomic mass is 35.5. The van der Waals surface area contributed by atoms with Gasteiger partial charge in [0.05, 0.1) is 28.2 Å². The van der Waals surface area contributed by atoms with Crippen molar-refractivity contribution < 1.29 is 8.42 Å². The van der Waals surface area contributed by atoms with Crippen LogP contribution < -0.4 is 10.6 Å². The number of nitrogens with two attached hydrogens (primary N) is 1. The van der Waals surface area contributed by atoms with Crippen LogP contribution in [0.1, 0.15) is 18.5 Å². The molecule has 3 rings (SSSR count). The molecule has 0 radical (unpaired) electrons. The zero-order valence-electron chi connectivity index (χ0n) is 11.7. The van der Waals surface area contributed by atoms with Crippen LogP contribution >= 0.6 is 11.6 Å². The van der Waals surface area contributed by atoms with E-state index in [1.54, 1.807) is 10.7 Å². The topological polar surface area (TPSA) is 80.7 Å². The molecule has 8 heteroatoms. The van der Waals surface area contributed by atoms with Crippen LogP contribution in [0.15, 0.2) is 18.3 Å². The normalized spacial score (nSPS) is 19.9. The van der Waals surface area contributed by atoms with E-state index in [4.69, 9.17) is 17.3 Å². The van der Waals surface area contributed by atoms with E-state index < -0.39 is 9.84 Å². The molecule has 1 fully saturated rings. The molecule has 1 aliphatic rings. The first kappa shape index (κ1) is 14.6. The fourth-order valence-electron chi connectivity index (χ4n) is 2.63. The minimum absolute atomic E-state index is 0.150. The second-order valence-corrected chi connectivity index (χ2v) is 8.04. The Morgan fingerprint density at radius 2 is 2.05 bits per heavy atom. The number of hydrogen-bond donors (Lipinski definition) is 1. The zero-order chi connectivity index (χ0) is 15.2. The number of anilines is 1. The second kappa shape index (κ2) is 5.15. The van der Waals surface area contributed by atoms with E-state index in [9.17, 15) is 8.42 Å². The van der Waals surface area contributed by atoms with Gasteiger partial charge in [0.1, 0.15) is 5.82 Å². The number of aromatic nitrogens is 2. The summed E-state index contributed by atoms with van der Waals surface area (Å²) >= 11 is 6.27. The third kappa shape index (κ3) is 2.61. The van der Waals surface area contributed by atoms with E-state index in [2.05, 4.69) is 5.10 Å². The van der Waals surface area contributed by atoms with Gasteiger partial charge in [-0.05, 0) is 19.1 Å². The molecule has 0 unspecified atom stereocenters. The van der Waals surface area contributed by atoms with Crippen LogP contribution in [0.4, 0.5) is 5.82 Å². The minimum Gasteiger partial charge on any atom is -0.354 e. The lowest BCUT2D eigenvalue weighted by Crippen LogP contribution is -2.42. The Bertz CT molecular complexity index is 771. The average Bonchev–Trinajstić information content (AvgIpc) is 2.89. The third-order valence-electron chi connectivity index (χ3n) is 3.76. The number of nitrogens with zero attached hydrogens (tertiary/aromatic N) is 3. The van der Waals surface area contributed by atoms with Gasteiger partial charge in [-0.3, -0.25) is 0 Å². The van der Waals surface area contributed by atoms with Crippen molar-refractivity contribution in [3.05, 3.63) is 28.9 Å². The van der Waals surface area contributed by atoms with Crippen LogP contribution in [-0.4, -0.2) is 42.6 Å². The summed E-state index contributed by atoms with van der Waals surface area (Å²) in [7, 11) is -2.93. The number of rotatable bonds is 2. The SMILES string of the molecule is C[C@H](N)c1cc(Cl)c2ccnn2c1N1CCS(=O)(=O)CC1. The van der Waals surface area contributed by atoms with Crippen molar-refractivity contribution >= 4 is 32.8 Å². The third-order valence-corrected chi connectivity index (χ3v) is 5.67. The Kier molecular flexibility index (Phi) is 3.59. The molecule has 0 aromatic carbocycles. The van der Waals surface area contributed by atoms with Crippen LogP contribution in [0.5, 0.6) is 0 Å². The van der Waals surface area contributed by atoms with Gasteiger partial charge in [-0.2, -0.15) is 5.10 Å². The van der Waals surface area contributed by atoms with E-state index in [0.717, 1.165) is 16.9 Å². The maximum atomic E-state index is 11.6. The van der Waals surface area contributed by atoms with Crippen molar-refractivity contribution in [3.8, 4) is 0 Å². The molecule has 2 aromatic rings. The molecule has 0 spiro atoms. The van der Waals surface area contributed by atoms with Crippen molar-refractivity contribution in [1.82, 2.24) is 9.61 Å². The number of sulfone groups is 1. The standard InChI is InChI=1S/C13H17ClN4O2S/c1-9(15)10-8-11(14)12-2-3-16-18(12)13(10)17-4-6-21(19,20)7-5-17/h2-3,8-9H,4-7,15H2,1H3/t9-/m0/s1. The fraction of sp³-hybridized carbons (Fsp3) is 0.462. The molecule has 0 saturated carbocycles. The molecule has 2 N–H and O–H groups in total. The van der Waals surface area contributed by atoms with E-state index in [-0.39, 0.29) is 17.5 Å². The molecule has 6 nitrogen and oxygen atoms in total. The first-order valence-corrected chi connectivity index (χ1v) is 8.96. The van der Waals surface area contributed by atoms with E-state index in [1.807, 2.05) is 24.0 Å². The molecular formula is C13H17ClN4O2S. The van der Waals surface area contributed by atoms with Crippen molar-refractivity contribution in [2.75, 3.05) is 29.5 Å². The van der Waals surface area contributed by atoms with Gasteiger partial charge in [0, 0.05) is 24.7 Å². The van der Waals surface area contributed by atoms with Crippen LogP contribution in [0.3, 0.4) is 0 Å². The molecular weight excluding hydrogens is 312 g/mol. The summed E-state index contributed by atoms with van der Waals surface area (Å²) in [4.78, 5) is 2.02. The average molecular weight is 329 g/mol. The highest BCUT2D eigenvalue weighted by Crippen LogP contribution is 2.32. The Labute approximate surface area is 128 Å². The van der Waals surface area contributed by atoms with E-state index >= 15 is 0 Å². The van der Waals surface area contributed by atoms with Crippen molar-refractivity contribution in [3.63, 3.8) is 0 Å². The number of fused-ring (bicyclic) bond motifs is 1. The van der Waals surface area contributed by atoms with Gasteiger partial charge in [0.2, 0.25) is 0 Å². The lowest BCUT2D eigenvalue weighted by molar-refractivity contribution is 0.585. The van der Waals surface area contributed by atoms with Crippen molar-refractivity contribution in [2.24, 2.45) is 5.73 Å². The summed E-state index contributed by atoms with van der Waals surface area (Å²) in [5.74, 6) is 1.14. The largest absolute Gasteiger partial charge is 0.354 e. The molecule has 0 aliphatic carbocycles. The quantitative estimate of drug-likeness (QED) is 0.897. The smallest absolute Gasteiger partial charge is 0.153 e. The zero-order valence-corrected chi connectivity index (χ0v) is 13.2. The highest BCUT2D eigenvalue weighted by molar-refractivity contribution is 7.91. The fourth-order valence-corrected chi connectivity index (χ4v) is 4.09. The summed E-state index contributed by atoms with van der Waals surface area (Å²) in [6.45, 7) is 2.77. The summed E-state index contributed by atoms with van der Waals surface area (Å²) in [6.07, 6.45) is 1.68. The summed E-state index contributed by atoms with van der Waals surface area (Å²) < 4.78 is 25.0. The Morgan fingerprint density at radius 1 is 1.38 bits per heavy atom. The van der Waals surface area contributed by atoms with Gasteiger partial charge in [0.15, 0.2) is 9.84 Å². The first-order valence-electron chi connectivity index (χ1n) is 6.76. The Hall–Kier alpha value is -1.31.